The summed E-state index contributed by atoms with van der Waals surface area (Å²) in [6.45, 7) is 12.0. The van der Waals surface area contributed by atoms with Crippen molar-refractivity contribution in [2.24, 2.45) is 10.8 Å². The van der Waals surface area contributed by atoms with Crippen LogP contribution in [0, 0.1) is 10.8 Å². The Labute approximate surface area is 418 Å². The molecule has 4 atom stereocenters. The number of ether oxygens (including phenoxy) is 2. The number of hydrogen-bond donors (Lipinski definition) is 0. The van der Waals surface area contributed by atoms with E-state index in [-0.39, 0.29) is 35.8 Å². The Morgan fingerprint density at radius 2 is 0.789 bits per heavy atom. The maximum Gasteiger partial charge on any atom is 0.335 e. The molecule has 2 aromatic heterocycles. The van der Waals surface area contributed by atoms with Gasteiger partial charge in [0.2, 0.25) is 0 Å². The summed E-state index contributed by atoms with van der Waals surface area (Å²) < 4.78 is 28.9. The monoisotopic (exact) mass is 968 g/mol. The first kappa shape index (κ1) is 49.8. The molecule has 0 N–H and O–H groups in total. The second-order valence-electron chi connectivity index (χ2n) is 19.5. The molecule has 13 heteroatoms. The summed E-state index contributed by atoms with van der Waals surface area (Å²) in [6.07, 6.45) is 3.80. The van der Waals surface area contributed by atoms with Crippen LogP contribution in [-0.4, -0.2) is 76.1 Å². The average molecular weight is 969 g/mol. The summed E-state index contributed by atoms with van der Waals surface area (Å²) >= 11 is -0.750. The minimum Gasteiger partial charge on any atom is -0.451 e. The van der Waals surface area contributed by atoms with Crippen molar-refractivity contribution in [3.8, 4) is 0 Å². The molecule has 4 saturated heterocycles. The van der Waals surface area contributed by atoms with Crippen LogP contribution in [0.15, 0.2) is 181 Å². The van der Waals surface area contributed by atoms with Crippen LogP contribution >= 0.6 is 0 Å². The highest BCUT2D eigenvalue weighted by atomic mass is 32.1. The number of rotatable bonds is 10. The number of pyridine rings is 2. The Balaban J connectivity index is 0.000000181. The molecule has 6 aromatic rings. The topological polar surface area (TPSA) is 153 Å². The van der Waals surface area contributed by atoms with Gasteiger partial charge in [0.15, 0.2) is 12.2 Å². The van der Waals surface area contributed by atoms with Crippen LogP contribution < -0.4 is 0 Å². The van der Waals surface area contributed by atoms with E-state index in [0.29, 0.717) is 12.8 Å². The Bertz CT molecular complexity index is 2710. The number of allylic oxidation sites excluding steroid dienone is 2. The molecule has 0 spiro atoms. The highest BCUT2D eigenvalue weighted by molar-refractivity contribution is 7.51. The molecule has 4 fully saturated rings. The SMILES string of the molecule is C/C(=C1\C(=O)N2C1CC(C)(C)[C@@H]2C(=O)OC(c1ccccc1)c1ccccc1)c1ccccn1.C/C(=C1\C(=O)N2C1CC(C)(C)[C@@H]2C(=O)OC(c1ccccc1)c1ccccc1)c1ccccn1.O=S=O. The number of β-lactam (4-membered cyclic amide) rings is 2. The second-order valence-corrected chi connectivity index (χ2v) is 19.6. The number of hydrogen-bond acceptors (Lipinski definition) is 10. The van der Waals surface area contributed by atoms with E-state index in [1.165, 1.54) is 0 Å². The number of esters is 2. The lowest BCUT2D eigenvalue weighted by Gasteiger charge is -2.42. The molecule has 4 aliphatic heterocycles. The summed E-state index contributed by atoms with van der Waals surface area (Å²) in [7, 11) is 0. The quantitative estimate of drug-likeness (QED) is 0.0737. The maximum atomic E-state index is 13.7. The molecule has 0 saturated carbocycles. The van der Waals surface area contributed by atoms with Gasteiger partial charge in [-0.2, -0.15) is 8.42 Å². The van der Waals surface area contributed by atoms with Crippen molar-refractivity contribution < 1.29 is 37.1 Å². The van der Waals surface area contributed by atoms with Gasteiger partial charge in [0.25, 0.3) is 11.8 Å². The summed E-state index contributed by atoms with van der Waals surface area (Å²) in [6, 6.07) is 48.8. The Kier molecular flexibility index (Phi) is 14.8. The van der Waals surface area contributed by atoms with Crippen LogP contribution in [-0.2, 0) is 40.2 Å². The predicted molar refractivity (Wildman–Crippen MR) is 270 cm³/mol. The summed E-state index contributed by atoms with van der Waals surface area (Å²) in [5.74, 6) is -0.936. The fourth-order valence-corrected chi connectivity index (χ4v) is 10.6. The Morgan fingerprint density at radius 1 is 0.507 bits per heavy atom. The molecule has 0 bridgehead atoms. The largest absolute Gasteiger partial charge is 0.451 e. The number of benzene rings is 4. The van der Waals surface area contributed by atoms with Crippen molar-refractivity contribution in [3.63, 3.8) is 0 Å². The minimum absolute atomic E-state index is 0.100. The first-order valence-electron chi connectivity index (χ1n) is 23.6. The number of carbonyl (C=O) groups is 4. The number of nitrogens with zero attached hydrogens (tertiary/aromatic N) is 4. The van der Waals surface area contributed by atoms with Gasteiger partial charge < -0.3 is 19.3 Å². The first-order chi connectivity index (χ1) is 34.2. The molecule has 0 radical (unpaired) electrons. The third kappa shape index (κ3) is 10.0. The van der Waals surface area contributed by atoms with Crippen molar-refractivity contribution >= 4 is 46.5 Å². The summed E-state index contributed by atoms with van der Waals surface area (Å²) in [5, 5.41) is 0. The molecular formula is C58H56N4O8S. The van der Waals surface area contributed by atoms with Gasteiger partial charge in [-0.3, -0.25) is 19.6 Å². The van der Waals surface area contributed by atoms with Crippen molar-refractivity contribution in [3.05, 3.63) is 215 Å². The predicted octanol–water partition coefficient (Wildman–Crippen LogP) is 9.72. The maximum absolute atomic E-state index is 13.7. The van der Waals surface area contributed by atoms with Gasteiger partial charge in [0.05, 0.1) is 23.5 Å². The van der Waals surface area contributed by atoms with Crippen LogP contribution in [0.5, 0.6) is 0 Å². The zero-order valence-corrected chi connectivity index (χ0v) is 41.3. The van der Waals surface area contributed by atoms with Crippen molar-refractivity contribution in [2.45, 2.75) is 90.8 Å². The molecule has 2 amide bonds. The lowest BCUT2D eigenvalue weighted by atomic mass is 9.82. The standard InChI is InChI=1S/2C29H28N2O3.O2S/c2*1-19(22-16-10-11-17-30-22)24-23-18-29(2,3)26(31(23)27(24)32)28(33)34-25(20-12-6-4-7-13-20)21-14-8-5-9-15-21;1-3-2/h2*4-17,23,25-26H,18H2,1-3H3;/b2*24-19+;/t2*23?,26-;/m00./s1. The normalized spacial score (nSPS) is 21.5. The van der Waals surface area contributed by atoms with E-state index in [1.54, 1.807) is 22.2 Å². The molecular weight excluding hydrogens is 913 g/mol. The van der Waals surface area contributed by atoms with Gasteiger partial charge in [-0.1, -0.05) is 161 Å². The highest BCUT2D eigenvalue weighted by Crippen LogP contribution is 2.53. The highest BCUT2D eigenvalue weighted by Gasteiger charge is 2.63. The first-order valence-corrected chi connectivity index (χ1v) is 24.3. The van der Waals surface area contributed by atoms with Gasteiger partial charge in [0, 0.05) is 23.5 Å². The van der Waals surface area contributed by atoms with Gasteiger partial charge in [-0.15, -0.1) is 0 Å². The van der Waals surface area contributed by atoms with Crippen LogP contribution in [0.25, 0.3) is 11.1 Å². The Hall–Kier alpha value is -7.64. The third-order valence-electron chi connectivity index (χ3n) is 14.0. The lowest BCUT2D eigenvalue weighted by molar-refractivity contribution is -0.162. The second kappa shape index (κ2) is 21.2. The van der Waals surface area contributed by atoms with Crippen molar-refractivity contribution in [1.82, 2.24) is 19.8 Å². The van der Waals surface area contributed by atoms with Crippen LogP contribution in [0.2, 0.25) is 0 Å². The van der Waals surface area contributed by atoms with Crippen LogP contribution in [0.4, 0.5) is 0 Å². The molecule has 4 aliphatic rings. The minimum atomic E-state index is -0.750. The summed E-state index contributed by atoms with van der Waals surface area (Å²) in [5.41, 5.74) is 7.62. The van der Waals surface area contributed by atoms with Gasteiger partial charge in [-0.25, -0.2) is 9.59 Å². The van der Waals surface area contributed by atoms with Crippen molar-refractivity contribution in [2.75, 3.05) is 0 Å². The molecule has 4 aromatic carbocycles. The van der Waals surface area contributed by atoms with E-state index < -0.39 is 46.7 Å². The van der Waals surface area contributed by atoms with E-state index in [9.17, 15) is 19.2 Å². The lowest BCUT2D eigenvalue weighted by Crippen LogP contribution is -2.58. The number of fused-ring (bicyclic) bond motifs is 2. The molecule has 10 rings (SSSR count). The molecule has 362 valence electrons. The third-order valence-corrected chi connectivity index (χ3v) is 14.0. The number of aromatic nitrogens is 2. The van der Waals surface area contributed by atoms with Gasteiger partial charge >= 0.3 is 23.5 Å². The average Bonchev–Trinajstić information content (AvgIpc) is 3.79. The summed E-state index contributed by atoms with van der Waals surface area (Å²) in [4.78, 5) is 66.2. The zero-order valence-electron chi connectivity index (χ0n) is 40.5. The molecule has 0 aliphatic carbocycles. The van der Waals surface area contributed by atoms with E-state index in [4.69, 9.17) is 17.9 Å². The number of carbonyl (C=O) groups excluding carboxylic acids is 4. The Morgan fingerprint density at radius 3 is 1.06 bits per heavy atom. The molecule has 2 unspecified atom stereocenters. The smallest absolute Gasteiger partial charge is 0.335 e. The molecule has 12 nitrogen and oxygen atoms in total. The fraction of sp³-hybridized carbons (Fsp3) is 0.276. The van der Waals surface area contributed by atoms with Gasteiger partial charge in [-0.05, 0) is 95.2 Å². The van der Waals surface area contributed by atoms with E-state index >= 15 is 0 Å². The fourth-order valence-electron chi connectivity index (χ4n) is 10.6. The van der Waals surface area contributed by atoms with Crippen LogP contribution in [0.1, 0.15) is 100 Å². The van der Waals surface area contributed by atoms with Gasteiger partial charge in [0.1, 0.15) is 12.1 Å². The zero-order chi connectivity index (χ0) is 50.5. The number of amides is 2. The molecule has 6 heterocycles. The molecule has 71 heavy (non-hydrogen) atoms. The van der Waals surface area contributed by atoms with E-state index in [2.05, 4.69) is 9.97 Å². The van der Waals surface area contributed by atoms with Crippen LogP contribution in [0.3, 0.4) is 0 Å². The van der Waals surface area contributed by atoms with E-state index in [0.717, 1.165) is 55.9 Å². The van der Waals surface area contributed by atoms with E-state index in [1.807, 2.05) is 199 Å². The van der Waals surface area contributed by atoms with Crippen molar-refractivity contribution in [1.29, 1.82) is 0 Å².